The van der Waals surface area contributed by atoms with Crippen molar-refractivity contribution in [2.75, 3.05) is 26.2 Å². The molecule has 2 N–H and O–H groups in total. The Balaban J connectivity index is 2.16. The van der Waals surface area contributed by atoms with E-state index < -0.39 is 0 Å². The molecule has 1 amide bonds. The van der Waals surface area contributed by atoms with Crippen LogP contribution in [0.15, 0.2) is 42.5 Å². The highest BCUT2D eigenvalue weighted by molar-refractivity contribution is 6.03. The topological polar surface area (TPSA) is 79.2 Å². The smallest absolute Gasteiger partial charge is 0.250 e. The molecule has 0 aliphatic rings. The number of phenolic OH excluding ortho intramolecular Hbond substituents is 2. The monoisotopic (exact) mass is 329 g/mol. The first-order valence-electron chi connectivity index (χ1n) is 7.16. The molecule has 0 aromatic heterocycles. The minimum Gasteiger partial charge on any atom is -0.504 e. The van der Waals surface area contributed by atoms with Crippen molar-refractivity contribution in [3.63, 3.8) is 0 Å². The van der Waals surface area contributed by atoms with Crippen LogP contribution in [0, 0.1) is 0 Å². The lowest BCUT2D eigenvalue weighted by Crippen LogP contribution is -2.23. The molecule has 6 nitrogen and oxygen atoms in total. The van der Waals surface area contributed by atoms with Gasteiger partial charge >= 0.3 is 0 Å². The molecule has 6 heteroatoms. The predicted octanol–water partition coefficient (Wildman–Crippen LogP) is 2.79. The molecule has 0 bridgehead atoms. The summed E-state index contributed by atoms with van der Waals surface area (Å²) >= 11 is 0. The number of rotatable bonds is 5. The first-order chi connectivity index (χ1) is 11.5. The van der Waals surface area contributed by atoms with Crippen molar-refractivity contribution in [2.45, 2.75) is 0 Å². The third-order valence-corrected chi connectivity index (χ3v) is 3.50. The Morgan fingerprint density at radius 3 is 2.21 bits per heavy atom. The molecule has 2 rings (SSSR count). The summed E-state index contributed by atoms with van der Waals surface area (Å²) in [5.41, 5.74) is 1.30. The molecular formula is C18H19NO5. The summed E-state index contributed by atoms with van der Waals surface area (Å²) in [7, 11) is 4.52. The lowest BCUT2D eigenvalue weighted by Gasteiger charge is -2.16. The number of hydrogen-bond donors (Lipinski definition) is 2. The van der Waals surface area contributed by atoms with E-state index in [1.54, 1.807) is 37.4 Å². The van der Waals surface area contributed by atoms with Gasteiger partial charge in [0.05, 0.1) is 14.2 Å². The molecule has 0 saturated carbocycles. The molecule has 0 fully saturated rings. The number of hydrogen-bond acceptors (Lipinski definition) is 5. The third kappa shape index (κ3) is 3.78. The second-order valence-corrected chi connectivity index (χ2v) is 5.02. The van der Waals surface area contributed by atoms with Crippen molar-refractivity contribution in [1.29, 1.82) is 0 Å². The summed E-state index contributed by atoms with van der Waals surface area (Å²) in [6.07, 6.45) is 3.03. The predicted molar refractivity (Wildman–Crippen MR) is 91.8 cm³/mol. The van der Waals surface area contributed by atoms with Crippen molar-refractivity contribution < 1.29 is 24.5 Å². The maximum Gasteiger partial charge on any atom is 0.250 e. The van der Waals surface area contributed by atoms with Crippen LogP contribution in [-0.4, -0.2) is 37.4 Å². The van der Waals surface area contributed by atoms with E-state index in [1.165, 1.54) is 37.3 Å². The Morgan fingerprint density at radius 1 is 1.00 bits per heavy atom. The van der Waals surface area contributed by atoms with Crippen molar-refractivity contribution in [3.8, 4) is 23.0 Å². The van der Waals surface area contributed by atoms with Crippen LogP contribution in [0.5, 0.6) is 23.0 Å². The number of anilines is 1. The second-order valence-electron chi connectivity index (χ2n) is 5.02. The van der Waals surface area contributed by atoms with Crippen LogP contribution >= 0.6 is 0 Å². The van der Waals surface area contributed by atoms with E-state index >= 15 is 0 Å². The number of benzene rings is 2. The van der Waals surface area contributed by atoms with Crippen LogP contribution in [0.25, 0.3) is 6.08 Å². The standard InChI is InChI=1S/C18H19NO5/c1-19(13-6-8-15(21)17(11-13)24-3)18(22)9-5-12-4-7-14(20)16(10-12)23-2/h4-11,20-21H,1-3H3. The molecule has 2 aromatic rings. The van der Waals surface area contributed by atoms with Crippen molar-refractivity contribution in [1.82, 2.24) is 0 Å². The summed E-state index contributed by atoms with van der Waals surface area (Å²) in [4.78, 5) is 13.7. The van der Waals surface area contributed by atoms with E-state index in [-0.39, 0.29) is 17.4 Å². The van der Waals surface area contributed by atoms with Gasteiger partial charge in [0.15, 0.2) is 23.0 Å². The third-order valence-electron chi connectivity index (χ3n) is 3.50. The molecule has 2 aromatic carbocycles. The van der Waals surface area contributed by atoms with Gasteiger partial charge < -0.3 is 24.6 Å². The molecule has 24 heavy (non-hydrogen) atoms. The fraction of sp³-hybridized carbons (Fsp3) is 0.167. The fourth-order valence-electron chi connectivity index (χ4n) is 2.08. The van der Waals surface area contributed by atoms with Gasteiger partial charge in [0.25, 0.3) is 5.91 Å². The zero-order chi connectivity index (χ0) is 17.7. The highest BCUT2D eigenvalue weighted by atomic mass is 16.5. The highest BCUT2D eigenvalue weighted by Gasteiger charge is 2.11. The number of likely N-dealkylation sites (N-methyl/N-ethyl adjacent to an activating group) is 1. The summed E-state index contributed by atoms with van der Waals surface area (Å²) in [6.45, 7) is 0. The number of phenols is 2. The SMILES string of the molecule is COc1cc(C=CC(=O)N(C)c2ccc(O)c(OC)c2)ccc1O. The minimum absolute atomic E-state index is 0.00818. The van der Waals surface area contributed by atoms with E-state index in [1.807, 2.05) is 0 Å². The normalized spacial score (nSPS) is 10.6. The maximum atomic E-state index is 12.3. The number of ether oxygens (including phenoxy) is 2. The van der Waals surface area contributed by atoms with E-state index in [0.29, 0.717) is 17.2 Å². The fourth-order valence-corrected chi connectivity index (χ4v) is 2.08. The average molecular weight is 329 g/mol. The Bertz CT molecular complexity index is 770. The molecule has 0 spiro atoms. The number of methoxy groups -OCH3 is 2. The molecule has 126 valence electrons. The molecule has 0 aliphatic heterocycles. The Hall–Kier alpha value is -3.15. The van der Waals surface area contributed by atoms with E-state index in [2.05, 4.69) is 0 Å². The first kappa shape index (κ1) is 17.2. The van der Waals surface area contributed by atoms with Crippen LogP contribution in [0.1, 0.15) is 5.56 Å². The van der Waals surface area contributed by atoms with Crippen LogP contribution in [-0.2, 0) is 4.79 Å². The van der Waals surface area contributed by atoms with E-state index in [4.69, 9.17) is 9.47 Å². The average Bonchev–Trinajstić information content (AvgIpc) is 2.60. The molecule has 0 aliphatic carbocycles. The molecule has 0 heterocycles. The second kappa shape index (κ2) is 7.41. The number of carbonyl (C=O) groups is 1. The zero-order valence-electron chi connectivity index (χ0n) is 13.7. The quantitative estimate of drug-likeness (QED) is 0.825. The number of amides is 1. The van der Waals surface area contributed by atoms with Crippen LogP contribution < -0.4 is 14.4 Å². The van der Waals surface area contributed by atoms with E-state index in [9.17, 15) is 15.0 Å². The number of nitrogens with zero attached hydrogens (tertiary/aromatic N) is 1. The van der Waals surface area contributed by atoms with Crippen molar-refractivity contribution in [3.05, 3.63) is 48.0 Å². The number of aromatic hydroxyl groups is 2. The van der Waals surface area contributed by atoms with Crippen LogP contribution in [0.4, 0.5) is 5.69 Å². The maximum absolute atomic E-state index is 12.3. The highest BCUT2D eigenvalue weighted by Crippen LogP contribution is 2.30. The summed E-state index contributed by atoms with van der Waals surface area (Å²) in [6, 6.07) is 9.45. The lowest BCUT2D eigenvalue weighted by molar-refractivity contribution is -0.113. The van der Waals surface area contributed by atoms with Gasteiger partial charge in [-0.05, 0) is 35.9 Å². The van der Waals surface area contributed by atoms with Crippen molar-refractivity contribution in [2.24, 2.45) is 0 Å². The van der Waals surface area contributed by atoms with Crippen LogP contribution in [0.3, 0.4) is 0 Å². The van der Waals surface area contributed by atoms with Crippen LogP contribution in [0.2, 0.25) is 0 Å². The molecule has 0 radical (unpaired) electrons. The molecule has 0 atom stereocenters. The van der Waals surface area contributed by atoms with Gasteiger partial charge in [-0.15, -0.1) is 0 Å². The summed E-state index contributed by atoms with van der Waals surface area (Å²) in [5.74, 6) is 0.415. The summed E-state index contributed by atoms with van der Waals surface area (Å²) < 4.78 is 10.1. The first-order valence-corrected chi connectivity index (χ1v) is 7.16. The van der Waals surface area contributed by atoms with Gasteiger partial charge in [-0.25, -0.2) is 0 Å². The van der Waals surface area contributed by atoms with Gasteiger partial charge in [-0.1, -0.05) is 6.07 Å². The lowest BCUT2D eigenvalue weighted by atomic mass is 10.2. The van der Waals surface area contributed by atoms with Gasteiger partial charge in [0.2, 0.25) is 0 Å². The largest absolute Gasteiger partial charge is 0.504 e. The Morgan fingerprint density at radius 2 is 1.58 bits per heavy atom. The zero-order valence-corrected chi connectivity index (χ0v) is 13.7. The minimum atomic E-state index is -0.255. The Labute approximate surface area is 140 Å². The summed E-state index contributed by atoms with van der Waals surface area (Å²) in [5, 5.41) is 19.2. The molecular weight excluding hydrogens is 310 g/mol. The van der Waals surface area contributed by atoms with Gasteiger partial charge in [-0.2, -0.15) is 0 Å². The van der Waals surface area contributed by atoms with Gasteiger partial charge in [-0.3, -0.25) is 4.79 Å². The molecule has 0 saturated heterocycles. The van der Waals surface area contributed by atoms with Gasteiger partial charge in [0.1, 0.15) is 0 Å². The van der Waals surface area contributed by atoms with Gasteiger partial charge in [0, 0.05) is 24.9 Å². The van der Waals surface area contributed by atoms with Crippen molar-refractivity contribution >= 4 is 17.7 Å². The molecule has 0 unspecified atom stereocenters. The van der Waals surface area contributed by atoms with E-state index in [0.717, 1.165) is 5.56 Å². The number of carbonyl (C=O) groups excluding carboxylic acids is 1. The Kier molecular flexibility index (Phi) is 5.31.